The van der Waals surface area contributed by atoms with Crippen LogP contribution in [0.1, 0.15) is 0 Å². The maximum absolute atomic E-state index is 12.8. The molecule has 24 heavy (non-hydrogen) atoms. The Morgan fingerprint density at radius 2 is 1.62 bits per heavy atom. The molecule has 0 aromatic heterocycles. The monoisotopic (exact) mass is 342 g/mol. The molecule has 3 aromatic carbocycles. The van der Waals surface area contributed by atoms with Gasteiger partial charge in [0.05, 0.1) is 15.5 Å². The molecule has 0 amide bonds. The molecule has 0 heterocycles. The number of anilines is 1. The number of benzene rings is 3. The maximum Gasteiger partial charge on any atom is 0.271 e. The quantitative estimate of drug-likeness (QED) is 0.536. The van der Waals surface area contributed by atoms with Gasteiger partial charge in [-0.1, -0.05) is 36.4 Å². The van der Waals surface area contributed by atoms with Crippen molar-refractivity contribution in [2.24, 2.45) is 0 Å². The first-order valence-electron chi connectivity index (χ1n) is 7.12. The second kappa shape index (κ2) is 5.93. The summed E-state index contributed by atoms with van der Waals surface area (Å²) in [7, 11) is -2.44. The highest BCUT2D eigenvalue weighted by Crippen LogP contribution is 2.27. The van der Waals surface area contributed by atoms with Gasteiger partial charge in [0.25, 0.3) is 15.7 Å². The fraction of sp³-hybridized carbons (Fsp3) is 0.0588. The summed E-state index contributed by atoms with van der Waals surface area (Å²) in [6.45, 7) is 0. The molecular formula is C17H14N2O4S. The Labute approximate surface area is 139 Å². The highest BCUT2D eigenvalue weighted by molar-refractivity contribution is 7.92. The fourth-order valence-electron chi connectivity index (χ4n) is 2.43. The Hall–Kier alpha value is -2.93. The van der Waals surface area contributed by atoms with Crippen LogP contribution in [-0.4, -0.2) is 20.4 Å². The second-order valence-corrected chi connectivity index (χ2v) is 7.23. The number of hydrogen-bond acceptors (Lipinski definition) is 4. The predicted octanol–water partition coefficient (Wildman–Crippen LogP) is 3.57. The van der Waals surface area contributed by atoms with Crippen molar-refractivity contribution >= 4 is 32.2 Å². The normalized spacial score (nSPS) is 11.4. The smallest absolute Gasteiger partial charge is 0.269 e. The Kier molecular flexibility index (Phi) is 3.94. The number of fused-ring (bicyclic) bond motifs is 1. The molecule has 0 atom stereocenters. The zero-order chi connectivity index (χ0) is 17.3. The number of hydrogen-bond donors (Lipinski definition) is 0. The lowest BCUT2D eigenvalue weighted by molar-refractivity contribution is -0.384. The van der Waals surface area contributed by atoms with Gasteiger partial charge in [-0.15, -0.1) is 0 Å². The summed E-state index contributed by atoms with van der Waals surface area (Å²) in [6.07, 6.45) is 0. The van der Waals surface area contributed by atoms with Gasteiger partial charge in [-0.2, -0.15) is 0 Å². The Morgan fingerprint density at radius 3 is 2.33 bits per heavy atom. The molecule has 6 nitrogen and oxygen atoms in total. The predicted molar refractivity (Wildman–Crippen MR) is 92.6 cm³/mol. The number of nitrogens with zero attached hydrogens (tertiary/aromatic N) is 2. The third kappa shape index (κ3) is 2.81. The van der Waals surface area contributed by atoms with E-state index in [2.05, 4.69) is 0 Å². The molecule has 0 aliphatic heterocycles. The van der Waals surface area contributed by atoms with E-state index in [0.717, 1.165) is 15.1 Å². The number of rotatable bonds is 4. The van der Waals surface area contributed by atoms with Crippen molar-refractivity contribution in [3.63, 3.8) is 0 Å². The summed E-state index contributed by atoms with van der Waals surface area (Å²) in [6, 6.07) is 17.9. The molecule has 0 unspecified atom stereocenters. The van der Waals surface area contributed by atoms with Gasteiger partial charge in [-0.05, 0) is 29.0 Å². The van der Waals surface area contributed by atoms with Crippen LogP contribution in [0, 0.1) is 10.1 Å². The highest BCUT2D eigenvalue weighted by atomic mass is 32.2. The van der Waals surface area contributed by atoms with Crippen LogP contribution in [0.2, 0.25) is 0 Å². The summed E-state index contributed by atoms with van der Waals surface area (Å²) in [5.41, 5.74) is 0.0745. The molecule has 0 radical (unpaired) electrons. The maximum atomic E-state index is 12.8. The van der Waals surface area contributed by atoms with Crippen LogP contribution in [0.4, 0.5) is 11.4 Å². The Bertz CT molecular complexity index is 1030. The van der Waals surface area contributed by atoms with E-state index in [1.54, 1.807) is 12.1 Å². The lowest BCUT2D eigenvalue weighted by Crippen LogP contribution is -2.26. The van der Waals surface area contributed by atoms with Crippen molar-refractivity contribution in [1.82, 2.24) is 0 Å². The van der Waals surface area contributed by atoms with Gasteiger partial charge < -0.3 is 0 Å². The highest BCUT2D eigenvalue weighted by Gasteiger charge is 2.22. The second-order valence-electron chi connectivity index (χ2n) is 5.26. The SMILES string of the molecule is CN(c1cccc([N+](=O)[O-])c1)S(=O)(=O)c1ccc2ccccc2c1. The minimum Gasteiger partial charge on any atom is -0.269 e. The lowest BCUT2D eigenvalue weighted by Gasteiger charge is -2.19. The summed E-state index contributed by atoms with van der Waals surface area (Å²) in [4.78, 5) is 10.5. The average molecular weight is 342 g/mol. The van der Waals surface area contributed by atoms with E-state index in [0.29, 0.717) is 0 Å². The summed E-state index contributed by atoms with van der Waals surface area (Å²) < 4.78 is 26.7. The van der Waals surface area contributed by atoms with Crippen LogP contribution >= 0.6 is 0 Å². The van der Waals surface area contributed by atoms with Gasteiger partial charge >= 0.3 is 0 Å². The largest absolute Gasteiger partial charge is 0.271 e. The molecule has 0 aliphatic carbocycles. The molecule has 7 heteroatoms. The van der Waals surface area contributed by atoms with Gasteiger partial charge in [0.15, 0.2) is 0 Å². The molecule has 0 fully saturated rings. The van der Waals surface area contributed by atoms with Crippen molar-refractivity contribution < 1.29 is 13.3 Å². The van der Waals surface area contributed by atoms with Gasteiger partial charge in [0.1, 0.15) is 0 Å². The summed E-state index contributed by atoms with van der Waals surface area (Å²) in [5, 5.41) is 12.6. The summed E-state index contributed by atoms with van der Waals surface area (Å²) in [5.74, 6) is 0. The number of nitro groups is 1. The van der Waals surface area contributed by atoms with E-state index in [4.69, 9.17) is 0 Å². The average Bonchev–Trinajstić information content (AvgIpc) is 2.60. The zero-order valence-corrected chi connectivity index (χ0v) is 13.6. The Balaban J connectivity index is 2.05. The van der Waals surface area contributed by atoms with Crippen molar-refractivity contribution in [2.45, 2.75) is 4.90 Å². The topological polar surface area (TPSA) is 80.5 Å². The van der Waals surface area contributed by atoms with Crippen LogP contribution in [0.15, 0.2) is 71.6 Å². The first-order valence-corrected chi connectivity index (χ1v) is 8.56. The van der Waals surface area contributed by atoms with Gasteiger partial charge in [-0.25, -0.2) is 8.42 Å². The minimum absolute atomic E-state index is 0.134. The molecule has 0 aliphatic rings. The van der Waals surface area contributed by atoms with Crippen molar-refractivity contribution in [1.29, 1.82) is 0 Å². The van der Waals surface area contributed by atoms with Gasteiger partial charge in [0, 0.05) is 19.2 Å². The zero-order valence-electron chi connectivity index (χ0n) is 12.8. The molecule has 0 saturated carbocycles. The van der Waals surface area contributed by atoms with Gasteiger partial charge in [0.2, 0.25) is 0 Å². The van der Waals surface area contributed by atoms with Crippen LogP contribution in [0.25, 0.3) is 10.8 Å². The van der Waals surface area contributed by atoms with Crippen LogP contribution < -0.4 is 4.31 Å². The number of non-ortho nitro benzene ring substituents is 1. The fourth-order valence-corrected chi connectivity index (χ4v) is 3.65. The third-order valence-corrected chi connectivity index (χ3v) is 5.57. The number of sulfonamides is 1. The van der Waals surface area contributed by atoms with Crippen LogP contribution in [-0.2, 0) is 10.0 Å². The molecule has 0 N–H and O–H groups in total. The third-order valence-electron chi connectivity index (χ3n) is 3.78. The van der Waals surface area contributed by atoms with E-state index in [9.17, 15) is 18.5 Å². The first-order chi connectivity index (χ1) is 11.4. The first kappa shape index (κ1) is 15.9. The van der Waals surface area contributed by atoms with E-state index in [1.165, 1.54) is 37.4 Å². The molecule has 0 bridgehead atoms. The van der Waals surface area contributed by atoms with E-state index < -0.39 is 14.9 Å². The molecule has 0 spiro atoms. The van der Waals surface area contributed by atoms with E-state index in [1.807, 2.05) is 24.3 Å². The van der Waals surface area contributed by atoms with Gasteiger partial charge in [-0.3, -0.25) is 14.4 Å². The molecule has 3 rings (SSSR count). The van der Waals surface area contributed by atoms with E-state index >= 15 is 0 Å². The molecule has 3 aromatic rings. The van der Waals surface area contributed by atoms with Crippen molar-refractivity contribution in [3.05, 3.63) is 76.8 Å². The standard InChI is InChI=1S/C17H14N2O4S/c1-18(15-7-4-8-16(12-15)19(20)21)24(22,23)17-10-9-13-5-2-3-6-14(13)11-17/h2-12H,1H3. The van der Waals surface area contributed by atoms with Crippen LogP contribution in [0.5, 0.6) is 0 Å². The van der Waals surface area contributed by atoms with Crippen molar-refractivity contribution in [3.8, 4) is 0 Å². The summed E-state index contributed by atoms with van der Waals surface area (Å²) >= 11 is 0. The van der Waals surface area contributed by atoms with Crippen molar-refractivity contribution in [2.75, 3.05) is 11.4 Å². The molecule has 122 valence electrons. The van der Waals surface area contributed by atoms with E-state index in [-0.39, 0.29) is 16.3 Å². The molecular weight excluding hydrogens is 328 g/mol. The van der Waals surface area contributed by atoms with Crippen LogP contribution in [0.3, 0.4) is 0 Å². The minimum atomic E-state index is -3.82. The molecule has 0 saturated heterocycles. The number of nitro benzene ring substituents is 1. The lowest BCUT2D eigenvalue weighted by atomic mass is 10.1. The Morgan fingerprint density at radius 1 is 0.917 bits per heavy atom.